The number of ketones is 1. The maximum absolute atomic E-state index is 10.7. The predicted molar refractivity (Wildman–Crippen MR) is 64.0 cm³/mol. The Labute approximate surface area is 93.8 Å². The zero-order valence-electron chi connectivity index (χ0n) is 10.1. The van der Waals surface area contributed by atoms with E-state index in [0.717, 1.165) is 31.8 Å². The number of rotatable bonds is 7. The van der Waals surface area contributed by atoms with Crippen LogP contribution in [0.25, 0.3) is 0 Å². The molecule has 1 saturated carbocycles. The number of hydrogen-bond acceptors (Lipinski definition) is 2. The summed E-state index contributed by atoms with van der Waals surface area (Å²) in [6.07, 6.45) is 10.3. The third-order valence-corrected chi connectivity index (χ3v) is 3.34. The molecule has 1 N–H and O–H groups in total. The summed E-state index contributed by atoms with van der Waals surface area (Å²) in [4.78, 5) is 10.7. The van der Waals surface area contributed by atoms with Crippen LogP contribution in [0.2, 0.25) is 0 Å². The van der Waals surface area contributed by atoms with E-state index < -0.39 is 0 Å². The average molecular weight is 211 g/mol. The van der Waals surface area contributed by atoms with Crippen LogP contribution < -0.4 is 5.32 Å². The van der Waals surface area contributed by atoms with Crippen molar-refractivity contribution < 1.29 is 4.79 Å². The predicted octanol–water partition coefficient (Wildman–Crippen LogP) is 2.92. The maximum Gasteiger partial charge on any atom is 0.129 e. The summed E-state index contributed by atoms with van der Waals surface area (Å²) >= 11 is 0. The monoisotopic (exact) mass is 211 g/mol. The maximum atomic E-state index is 10.7. The number of nitrogens with one attached hydrogen (secondary N) is 1. The average Bonchev–Trinajstić information content (AvgIpc) is 2.24. The summed E-state index contributed by atoms with van der Waals surface area (Å²) in [5.41, 5.74) is 0. The largest absolute Gasteiger partial charge is 0.317 e. The van der Waals surface area contributed by atoms with Crippen molar-refractivity contribution in [2.75, 3.05) is 13.1 Å². The minimum Gasteiger partial charge on any atom is -0.317 e. The molecule has 0 aromatic heterocycles. The van der Waals surface area contributed by atoms with Crippen molar-refractivity contribution in [3.63, 3.8) is 0 Å². The topological polar surface area (TPSA) is 29.1 Å². The standard InChI is InChI=1S/C13H25NO/c1-12(15)6-5-10-14-11-9-13-7-3-2-4-8-13/h13-14H,2-11H2,1H3. The van der Waals surface area contributed by atoms with Gasteiger partial charge in [0.25, 0.3) is 0 Å². The van der Waals surface area contributed by atoms with Gasteiger partial charge in [0.05, 0.1) is 0 Å². The van der Waals surface area contributed by atoms with Crippen LogP contribution in [0.3, 0.4) is 0 Å². The lowest BCUT2D eigenvalue weighted by atomic mass is 9.87. The molecule has 15 heavy (non-hydrogen) atoms. The van der Waals surface area contributed by atoms with Crippen molar-refractivity contribution in [2.24, 2.45) is 5.92 Å². The first-order valence-electron chi connectivity index (χ1n) is 6.49. The van der Waals surface area contributed by atoms with Gasteiger partial charge in [0.2, 0.25) is 0 Å². The molecule has 0 aromatic carbocycles. The highest BCUT2D eigenvalue weighted by Gasteiger charge is 2.12. The van der Waals surface area contributed by atoms with Gasteiger partial charge in [-0.3, -0.25) is 0 Å². The fourth-order valence-electron chi connectivity index (χ4n) is 2.37. The summed E-state index contributed by atoms with van der Waals surface area (Å²) in [6.45, 7) is 3.82. The molecule has 88 valence electrons. The highest BCUT2D eigenvalue weighted by atomic mass is 16.1. The molecule has 1 rings (SSSR count). The molecule has 0 atom stereocenters. The van der Waals surface area contributed by atoms with Gasteiger partial charge in [0.1, 0.15) is 5.78 Å². The summed E-state index contributed by atoms with van der Waals surface area (Å²) in [7, 11) is 0. The second-order valence-corrected chi connectivity index (χ2v) is 4.85. The molecule has 1 aliphatic carbocycles. The van der Waals surface area contributed by atoms with Crippen LogP contribution in [0.4, 0.5) is 0 Å². The van der Waals surface area contributed by atoms with Gasteiger partial charge < -0.3 is 10.1 Å². The van der Waals surface area contributed by atoms with Gasteiger partial charge in [-0.15, -0.1) is 0 Å². The lowest BCUT2D eigenvalue weighted by Crippen LogP contribution is -2.20. The van der Waals surface area contributed by atoms with E-state index >= 15 is 0 Å². The number of carbonyl (C=O) groups excluding carboxylic acids is 1. The van der Waals surface area contributed by atoms with Crippen LogP contribution >= 0.6 is 0 Å². The lowest BCUT2D eigenvalue weighted by Gasteiger charge is -2.21. The quantitative estimate of drug-likeness (QED) is 0.656. The van der Waals surface area contributed by atoms with E-state index in [9.17, 15) is 4.79 Å². The van der Waals surface area contributed by atoms with E-state index in [1.165, 1.54) is 38.5 Å². The molecule has 2 nitrogen and oxygen atoms in total. The van der Waals surface area contributed by atoms with Crippen molar-refractivity contribution in [2.45, 2.75) is 58.3 Å². The third-order valence-electron chi connectivity index (χ3n) is 3.34. The van der Waals surface area contributed by atoms with E-state index in [1.807, 2.05) is 0 Å². The van der Waals surface area contributed by atoms with Gasteiger partial charge in [0, 0.05) is 6.42 Å². The Morgan fingerprint density at radius 1 is 1.20 bits per heavy atom. The SMILES string of the molecule is CC(=O)CCCNCCC1CCCCC1. The van der Waals surface area contributed by atoms with E-state index in [2.05, 4.69) is 5.32 Å². The fourth-order valence-corrected chi connectivity index (χ4v) is 2.37. The van der Waals surface area contributed by atoms with Crippen molar-refractivity contribution in [1.29, 1.82) is 0 Å². The highest BCUT2D eigenvalue weighted by molar-refractivity contribution is 5.75. The Balaban J connectivity index is 1.85. The zero-order valence-corrected chi connectivity index (χ0v) is 10.1. The van der Waals surface area contributed by atoms with Crippen molar-refractivity contribution in [3.8, 4) is 0 Å². The molecule has 0 unspecified atom stereocenters. The summed E-state index contributed by atoms with van der Waals surface area (Å²) < 4.78 is 0. The first kappa shape index (κ1) is 12.7. The second kappa shape index (κ2) is 7.86. The molecule has 0 radical (unpaired) electrons. The van der Waals surface area contributed by atoms with Crippen molar-refractivity contribution >= 4 is 5.78 Å². The van der Waals surface area contributed by atoms with Crippen molar-refractivity contribution in [3.05, 3.63) is 0 Å². The lowest BCUT2D eigenvalue weighted by molar-refractivity contribution is -0.117. The second-order valence-electron chi connectivity index (χ2n) is 4.85. The number of Topliss-reactive ketones (excluding diaryl/α,β-unsaturated/α-hetero) is 1. The third kappa shape index (κ3) is 6.67. The highest BCUT2D eigenvalue weighted by Crippen LogP contribution is 2.25. The summed E-state index contributed by atoms with van der Waals surface area (Å²) in [5.74, 6) is 1.28. The van der Waals surface area contributed by atoms with E-state index in [0.29, 0.717) is 5.78 Å². The van der Waals surface area contributed by atoms with E-state index in [1.54, 1.807) is 6.92 Å². The molecule has 0 aromatic rings. The number of hydrogen-bond donors (Lipinski definition) is 1. The smallest absolute Gasteiger partial charge is 0.129 e. The number of carbonyl (C=O) groups is 1. The minimum atomic E-state index is 0.309. The van der Waals surface area contributed by atoms with Crippen LogP contribution in [-0.4, -0.2) is 18.9 Å². The minimum absolute atomic E-state index is 0.309. The molecule has 0 spiro atoms. The van der Waals surface area contributed by atoms with Crippen LogP contribution in [0, 0.1) is 5.92 Å². The molecule has 2 heteroatoms. The van der Waals surface area contributed by atoms with E-state index in [4.69, 9.17) is 0 Å². The fraction of sp³-hybridized carbons (Fsp3) is 0.923. The molecule has 0 heterocycles. The van der Waals surface area contributed by atoms with Gasteiger partial charge in [-0.05, 0) is 38.8 Å². The molecule has 1 aliphatic rings. The molecule has 0 amide bonds. The van der Waals surface area contributed by atoms with Crippen LogP contribution in [-0.2, 0) is 4.79 Å². The molecule has 0 saturated heterocycles. The first-order valence-corrected chi connectivity index (χ1v) is 6.49. The Morgan fingerprint density at radius 3 is 2.60 bits per heavy atom. The van der Waals surface area contributed by atoms with Gasteiger partial charge in [-0.25, -0.2) is 0 Å². The van der Waals surface area contributed by atoms with Gasteiger partial charge in [-0.2, -0.15) is 0 Å². The Morgan fingerprint density at radius 2 is 1.93 bits per heavy atom. The van der Waals surface area contributed by atoms with E-state index in [-0.39, 0.29) is 0 Å². The first-order chi connectivity index (χ1) is 7.29. The molecule has 0 aliphatic heterocycles. The zero-order chi connectivity index (χ0) is 10.9. The molecule has 1 fully saturated rings. The summed E-state index contributed by atoms with van der Waals surface area (Å²) in [5, 5.41) is 3.44. The van der Waals surface area contributed by atoms with Gasteiger partial charge in [0.15, 0.2) is 0 Å². The Bertz CT molecular complexity index is 173. The summed E-state index contributed by atoms with van der Waals surface area (Å²) in [6, 6.07) is 0. The van der Waals surface area contributed by atoms with Crippen molar-refractivity contribution in [1.82, 2.24) is 5.32 Å². The van der Waals surface area contributed by atoms with Crippen LogP contribution in [0.5, 0.6) is 0 Å². The van der Waals surface area contributed by atoms with Gasteiger partial charge in [-0.1, -0.05) is 32.1 Å². The van der Waals surface area contributed by atoms with Crippen LogP contribution in [0.1, 0.15) is 58.3 Å². The molecular weight excluding hydrogens is 186 g/mol. The Kier molecular flexibility index (Phi) is 6.66. The van der Waals surface area contributed by atoms with Crippen LogP contribution in [0.15, 0.2) is 0 Å². The molecule has 0 bridgehead atoms. The van der Waals surface area contributed by atoms with Gasteiger partial charge >= 0.3 is 0 Å². The molecular formula is C13H25NO. The normalized spacial score (nSPS) is 17.9. The Hall–Kier alpha value is -0.370.